The predicted octanol–water partition coefficient (Wildman–Crippen LogP) is 10.2. The van der Waals surface area contributed by atoms with Crippen LogP contribution >= 0.6 is 0 Å². The first kappa shape index (κ1) is 53.3. The number of carbonyl (C=O) groups is 5. The van der Waals surface area contributed by atoms with Crippen molar-refractivity contribution >= 4 is 52.1 Å². The van der Waals surface area contributed by atoms with Crippen LogP contribution in [0.25, 0.3) is 5.57 Å². The van der Waals surface area contributed by atoms with Crippen LogP contribution in [0, 0.1) is 11.8 Å². The maximum Gasteiger partial charge on any atom is 0.246 e. The SMILES string of the molecule is CCCCC(CC)CNC(=O)CCC(=O)N=C1C=C(N(C(C)C)C(C)C)C=C/C1=C1/C(=O)C(c2ccc(N(C(C)C)C(C)C)cc2NC(=O)CCC(=O)NCC(CC)CCCC)=C1O. The number of carbonyl (C=O) groups excluding carboxylic acids is 5. The van der Waals surface area contributed by atoms with Crippen LogP contribution < -0.4 is 20.9 Å². The van der Waals surface area contributed by atoms with Crippen molar-refractivity contribution in [2.24, 2.45) is 16.8 Å². The van der Waals surface area contributed by atoms with Gasteiger partial charge in [-0.1, -0.05) is 66.2 Å². The van der Waals surface area contributed by atoms with Gasteiger partial charge in [0.05, 0.1) is 22.5 Å². The largest absolute Gasteiger partial charge is 0.506 e. The summed E-state index contributed by atoms with van der Waals surface area (Å²) in [5.74, 6) is -1.28. The first-order chi connectivity index (χ1) is 30.4. The van der Waals surface area contributed by atoms with Gasteiger partial charge < -0.3 is 30.9 Å². The molecule has 4 N–H and O–H groups in total. The molecular formula is C52H80N6O6. The number of benzene rings is 1. The molecule has 4 amide bonds. The normalized spacial score (nSPS) is 16.7. The molecule has 0 spiro atoms. The lowest BCUT2D eigenvalue weighted by atomic mass is 9.78. The van der Waals surface area contributed by atoms with Gasteiger partial charge in [-0.2, -0.15) is 0 Å². The van der Waals surface area contributed by atoms with Crippen molar-refractivity contribution in [3.8, 4) is 0 Å². The zero-order valence-electron chi connectivity index (χ0n) is 41.2. The molecule has 354 valence electrons. The van der Waals surface area contributed by atoms with E-state index < -0.39 is 17.6 Å². The molecule has 2 aliphatic carbocycles. The highest BCUT2D eigenvalue weighted by atomic mass is 16.3. The summed E-state index contributed by atoms with van der Waals surface area (Å²) in [6.07, 6.45) is 13.6. The van der Waals surface area contributed by atoms with E-state index in [1.807, 2.05) is 18.2 Å². The van der Waals surface area contributed by atoms with Gasteiger partial charge in [-0.15, -0.1) is 0 Å². The Balaban J connectivity index is 2.01. The number of Topliss-reactive ketones (excluding diaryl/α,β-unsaturated/α-hetero) is 1. The highest BCUT2D eigenvalue weighted by Gasteiger charge is 2.40. The number of rotatable bonds is 26. The van der Waals surface area contributed by atoms with E-state index in [-0.39, 0.29) is 84.3 Å². The monoisotopic (exact) mass is 885 g/mol. The number of nitrogens with one attached hydrogen (secondary N) is 3. The zero-order valence-corrected chi connectivity index (χ0v) is 41.2. The first-order valence-corrected chi connectivity index (χ1v) is 24.2. The number of allylic oxidation sites excluding steroid dienone is 6. The van der Waals surface area contributed by atoms with Crippen LogP contribution in [0.5, 0.6) is 0 Å². The lowest BCUT2D eigenvalue weighted by Crippen LogP contribution is -2.37. The predicted molar refractivity (Wildman–Crippen MR) is 262 cm³/mol. The van der Waals surface area contributed by atoms with Crippen molar-refractivity contribution in [1.82, 2.24) is 15.5 Å². The molecule has 0 fully saturated rings. The molecule has 0 heterocycles. The third-order valence-electron chi connectivity index (χ3n) is 12.2. The highest BCUT2D eigenvalue weighted by Crippen LogP contribution is 2.43. The summed E-state index contributed by atoms with van der Waals surface area (Å²) >= 11 is 0. The van der Waals surface area contributed by atoms with Crippen molar-refractivity contribution in [3.05, 3.63) is 64.6 Å². The molecule has 0 aliphatic heterocycles. The maximum absolute atomic E-state index is 14.4. The average Bonchev–Trinajstić information content (AvgIpc) is 3.23. The second kappa shape index (κ2) is 26.1. The fraction of sp³-hybridized carbons (Fsp3) is 0.615. The Morgan fingerprint density at radius 2 is 1.19 bits per heavy atom. The van der Waals surface area contributed by atoms with Crippen molar-refractivity contribution in [2.45, 2.75) is 184 Å². The lowest BCUT2D eigenvalue weighted by molar-refractivity contribution is -0.125. The summed E-state index contributed by atoms with van der Waals surface area (Å²) in [5, 5.41) is 20.8. The lowest BCUT2D eigenvalue weighted by Gasteiger charge is -2.35. The number of hydrogen-bond donors (Lipinski definition) is 4. The van der Waals surface area contributed by atoms with Crippen LogP contribution in [0.15, 0.2) is 64.0 Å². The molecule has 2 aliphatic rings. The number of hydrogen-bond acceptors (Lipinski definition) is 8. The van der Waals surface area contributed by atoms with E-state index >= 15 is 0 Å². The molecule has 64 heavy (non-hydrogen) atoms. The topological polar surface area (TPSA) is 161 Å². The van der Waals surface area contributed by atoms with Gasteiger partial charge in [-0.05, 0) is 116 Å². The van der Waals surface area contributed by atoms with Gasteiger partial charge in [-0.3, -0.25) is 24.0 Å². The van der Waals surface area contributed by atoms with E-state index in [2.05, 4.69) is 114 Å². The van der Waals surface area contributed by atoms with Crippen LogP contribution in [0.2, 0.25) is 0 Å². The quantitative estimate of drug-likeness (QED) is 0.0669. The molecule has 0 radical (unpaired) electrons. The summed E-state index contributed by atoms with van der Waals surface area (Å²) in [4.78, 5) is 75.8. The Labute approximate surface area is 384 Å². The summed E-state index contributed by atoms with van der Waals surface area (Å²) in [7, 11) is 0. The molecule has 12 nitrogen and oxygen atoms in total. The summed E-state index contributed by atoms with van der Waals surface area (Å²) in [6, 6.07) is 5.87. The average molecular weight is 885 g/mol. The Hall–Kier alpha value is -5.00. The molecule has 1 aromatic carbocycles. The Bertz CT molecular complexity index is 1940. The number of unbranched alkanes of at least 4 members (excludes halogenated alkanes) is 2. The third-order valence-corrected chi connectivity index (χ3v) is 12.2. The molecule has 3 rings (SSSR count). The van der Waals surface area contributed by atoms with Crippen LogP contribution in [-0.4, -0.2) is 82.4 Å². The zero-order chi connectivity index (χ0) is 47.7. The van der Waals surface area contributed by atoms with Crippen molar-refractivity contribution < 1.29 is 29.1 Å². The van der Waals surface area contributed by atoms with E-state index in [0.717, 1.165) is 62.8 Å². The molecule has 1 aromatic rings. The van der Waals surface area contributed by atoms with Gasteiger partial charge in [-0.25, -0.2) is 4.99 Å². The second-order valence-electron chi connectivity index (χ2n) is 18.5. The Morgan fingerprint density at radius 3 is 1.67 bits per heavy atom. The smallest absolute Gasteiger partial charge is 0.246 e. The minimum Gasteiger partial charge on any atom is -0.506 e. The first-order valence-electron chi connectivity index (χ1n) is 24.2. The van der Waals surface area contributed by atoms with Crippen molar-refractivity contribution in [1.29, 1.82) is 0 Å². The van der Waals surface area contributed by atoms with Crippen LogP contribution in [0.1, 0.15) is 166 Å². The van der Waals surface area contributed by atoms with E-state index in [4.69, 9.17) is 0 Å². The highest BCUT2D eigenvalue weighted by molar-refractivity contribution is 6.42. The molecule has 2 atom stereocenters. The third kappa shape index (κ3) is 15.0. The number of ketones is 1. The fourth-order valence-corrected chi connectivity index (χ4v) is 8.72. The van der Waals surface area contributed by atoms with Crippen molar-refractivity contribution in [3.63, 3.8) is 0 Å². The van der Waals surface area contributed by atoms with E-state index in [1.165, 1.54) is 0 Å². The molecule has 12 heteroatoms. The van der Waals surface area contributed by atoms with Crippen LogP contribution in [0.4, 0.5) is 11.4 Å². The number of nitrogens with zero attached hydrogens (tertiary/aromatic N) is 3. The van der Waals surface area contributed by atoms with Crippen LogP contribution in [-0.2, 0) is 24.0 Å². The molecule has 0 bridgehead atoms. The number of aliphatic hydroxyl groups excluding tert-OH is 1. The van der Waals surface area contributed by atoms with Crippen molar-refractivity contribution in [2.75, 3.05) is 23.3 Å². The Morgan fingerprint density at radius 1 is 0.672 bits per heavy atom. The minimum atomic E-state index is -0.515. The molecule has 0 saturated heterocycles. The van der Waals surface area contributed by atoms with E-state index in [9.17, 15) is 29.1 Å². The number of anilines is 2. The summed E-state index contributed by atoms with van der Waals surface area (Å²) < 4.78 is 0. The van der Waals surface area contributed by atoms with Gasteiger partial charge in [0.25, 0.3) is 0 Å². The van der Waals surface area contributed by atoms with Gasteiger partial charge in [0, 0.05) is 85.5 Å². The van der Waals surface area contributed by atoms with E-state index in [1.54, 1.807) is 18.2 Å². The van der Waals surface area contributed by atoms with E-state index in [0.29, 0.717) is 41.7 Å². The minimum absolute atomic E-state index is 0.00900. The number of aliphatic imine (C=N–C) groups is 1. The summed E-state index contributed by atoms with van der Waals surface area (Å²) in [6.45, 7) is 26.3. The Kier molecular flexibility index (Phi) is 21.7. The summed E-state index contributed by atoms with van der Waals surface area (Å²) in [5.41, 5.74) is 2.84. The number of aliphatic hydroxyl groups is 1. The molecule has 0 aromatic heterocycles. The fourth-order valence-electron chi connectivity index (χ4n) is 8.72. The van der Waals surface area contributed by atoms with Gasteiger partial charge >= 0.3 is 0 Å². The van der Waals surface area contributed by atoms with Crippen LogP contribution in [0.3, 0.4) is 0 Å². The molecule has 2 unspecified atom stereocenters. The van der Waals surface area contributed by atoms with Gasteiger partial charge in [0.1, 0.15) is 5.76 Å². The molecular weight excluding hydrogens is 805 g/mol. The molecule has 0 saturated carbocycles. The second-order valence-corrected chi connectivity index (χ2v) is 18.5. The number of amides is 4. The standard InChI is InChI=1S/C52H80N6O6/c1-13-17-19-37(15-3)31-53-45(59)25-27-47(61)55-43-29-39(57(33(5)6)34(7)8)21-23-41(43)49-51(63)50(52(49)64)42-24-22-40(58(35(9)10)36(11)12)30-44(42)56-48(62)28-26-46(60)54-32-38(16-4)20-18-14-2/h21-24,29-30,33-38,63H,13-20,25-28,31-32H2,1-12H3,(H,53,59)(H,54,60)(H,55,61)/b50-42-,56-44?. The maximum atomic E-state index is 14.4. The van der Waals surface area contributed by atoms with Gasteiger partial charge in [0.2, 0.25) is 29.4 Å². The van der Waals surface area contributed by atoms with Gasteiger partial charge in [0.15, 0.2) is 0 Å².